The van der Waals surface area contributed by atoms with E-state index >= 15 is 0 Å². The Morgan fingerprint density at radius 3 is 2.25 bits per heavy atom. The van der Waals surface area contributed by atoms with E-state index in [1.54, 1.807) is 0 Å². The van der Waals surface area contributed by atoms with Crippen LogP contribution in [0.3, 0.4) is 0 Å². The molecule has 20 heavy (non-hydrogen) atoms. The van der Waals surface area contributed by atoms with Crippen molar-refractivity contribution in [1.82, 2.24) is 10.2 Å². The highest BCUT2D eigenvalue weighted by atomic mass is 32.2. The summed E-state index contributed by atoms with van der Waals surface area (Å²) in [7, 11) is -0.767. The molecular formula is C15H32N2O2S. The van der Waals surface area contributed by atoms with Crippen LogP contribution < -0.4 is 5.32 Å². The SMILES string of the molecule is CCCNC1CCC(N(C)CCS(=O)(=O)CCC)CC1. The highest BCUT2D eigenvalue weighted by Gasteiger charge is 2.24. The number of hydrogen-bond acceptors (Lipinski definition) is 4. The van der Waals surface area contributed by atoms with E-state index in [1.807, 2.05) is 6.92 Å². The van der Waals surface area contributed by atoms with Gasteiger partial charge < -0.3 is 10.2 Å². The zero-order valence-corrected chi connectivity index (χ0v) is 14.2. The highest BCUT2D eigenvalue weighted by Crippen LogP contribution is 2.22. The Labute approximate surface area is 125 Å². The summed E-state index contributed by atoms with van der Waals surface area (Å²) in [5.41, 5.74) is 0. The largest absolute Gasteiger partial charge is 0.314 e. The molecule has 0 saturated heterocycles. The van der Waals surface area contributed by atoms with E-state index in [1.165, 1.54) is 32.1 Å². The molecule has 1 aliphatic carbocycles. The van der Waals surface area contributed by atoms with E-state index in [2.05, 4.69) is 24.2 Å². The van der Waals surface area contributed by atoms with E-state index in [0.29, 0.717) is 30.1 Å². The van der Waals surface area contributed by atoms with Crippen LogP contribution in [0, 0.1) is 0 Å². The third-order valence-corrected chi connectivity index (χ3v) is 6.11. The van der Waals surface area contributed by atoms with Gasteiger partial charge in [-0.2, -0.15) is 0 Å². The number of rotatable bonds is 9. The second kappa shape index (κ2) is 9.00. The molecule has 1 fully saturated rings. The molecule has 0 radical (unpaired) electrons. The molecule has 0 spiro atoms. The molecule has 0 aromatic heterocycles. The van der Waals surface area contributed by atoms with Gasteiger partial charge in [-0.05, 0) is 52.1 Å². The Hall–Kier alpha value is -0.130. The summed E-state index contributed by atoms with van der Waals surface area (Å²) in [5, 5.41) is 3.59. The van der Waals surface area contributed by atoms with Gasteiger partial charge in [0.2, 0.25) is 0 Å². The van der Waals surface area contributed by atoms with Crippen LogP contribution in [0.5, 0.6) is 0 Å². The van der Waals surface area contributed by atoms with Crippen LogP contribution in [-0.4, -0.2) is 57.0 Å². The van der Waals surface area contributed by atoms with Crippen molar-refractivity contribution in [1.29, 1.82) is 0 Å². The third-order valence-electron chi connectivity index (χ3n) is 4.27. The van der Waals surface area contributed by atoms with Crippen LogP contribution >= 0.6 is 0 Å². The topological polar surface area (TPSA) is 49.4 Å². The van der Waals surface area contributed by atoms with Crippen LogP contribution in [-0.2, 0) is 9.84 Å². The van der Waals surface area contributed by atoms with Gasteiger partial charge in [-0.15, -0.1) is 0 Å². The number of nitrogens with one attached hydrogen (secondary N) is 1. The van der Waals surface area contributed by atoms with Crippen LogP contribution in [0.15, 0.2) is 0 Å². The molecule has 0 heterocycles. The van der Waals surface area contributed by atoms with Gasteiger partial charge in [0.1, 0.15) is 0 Å². The van der Waals surface area contributed by atoms with Gasteiger partial charge >= 0.3 is 0 Å². The molecule has 0 aromatic rings. The van der Waals surface area contributed by atoms with Crippen molar-refractivity contribution >= 4 is 9.84 Å². The lowest BCUT2D eigenvalue weighted by Crippen LogP contribution is -2.42. The van der Waals surface area contributed by atoms with Gasteiger partial charge in [0.25, 0.3) is 0 Å². The summed E-state index contributed by atoms with van der Waals surface area (Å²) in [6.07, 6.45) is 6.72. The summed E-state index contributed by atoms with van der Waals surface area (Å²) < 4.78 is 23.5. The predicted octanol–water partition coefficient (Wildman–Crippen LogP) is 2.05. The van der Waals surface area contributed by atoms with Crippen LogP contribution in [0.1, 0.15) is 52.4 Å². The molecule has 0 atom stereocenters. The molecule has 0 amide bonds. The van der Waals surface area contributed by atoms with E-state index < -0.39 is 9.84 Å². The van der Waals surface area contributed by atoms with Crippen LogP contribution in [0.4, 0.5) is 0 Å². The maximum Gasteiger partial charge on any atom is 0.151 e. The quantitative estimate of drug-likeness (QED) is 0.708. The first kappa shape index (κ1) is 17.9. The standard InChI is InChI=1S/C15H32N2O2S/c1-4-10-16-14-6-8-15(9-7-14)17(3)11-13-20(18,19)12-5-2/h14-16H,4-13H2,1-3H3. The Kier molecular flexibility index (Phi) is 8.07. The molecule has 0 bridgehead atoms. The normalized spacial score (nSPS) is 24.2. The Bertz CT molecular complexity index is 349. The highest BCUT2D eigenvalue weighted by molar-refractivity contribution is 7.91. The van der Waals surface area contributed by atoms with Crippen molar-refractivity contribution in [2.75, 3.05) is 31.6 Å². The van der Waals surface area contributed by atoms with Gasteiger partial charge in [0.15, 0.2) is 9.84 Å². The van der Waals surface area contributed by atoms with E-state index in [-0.39, 0.29) is 0 Å². The minimum Gasteiger partial charge on any atom is -0.314 e. The van der Waals surface area contributed by atoms with Crippen molar-refractivity contribution in [3.63, 3.8) is 0 Å². The summed E-state index contributed by atoms with van der Waals surface area (Å²) in [5.74, 6) is 0.639. The fourth-order valence-electron chi connectivity index (χ4n) is 2.95. The lowest BCUT2D eigenvalue weighted by molar-refractivity contribution is 0.182. The first-order valence-corrected chi connectivity index (χ1v) is 9.94. The van der Waals surface area contributed by atoms with Crippen LogP contribution in [0.25, 0.3) is 0 Å². The molecule has 1 N–H and O–H groups in total. The maximum atomic E-state index is 11.8. The second-order valence-corrected chi connectivity index (χ2v) is 8.40. The Morgan fingerprint density at radius 2 is 1.70 bits per heavy atom. The summed E-state index contributed by atoms with van der Waals surface area (Å²) in [4.78, 5) is 2.25. The van der Waals surface area contributed by atoms with Crippen molar-refractivity contribution in [2.24, 2.45) is 0 Å². The van der Waals surface area contributed by atoms with Crippen molar-refractivity contribution < 1.29 is 8.42 Å². The smallest absolute Gasteiger partial charge is 0.151 e. The molecule has 0 aromatic carbocycles. The summed E-state index contributed by atoms with van der Waals surface area (Å²) >= 11 is 0. The molecule has 0 aliphatic heterocycles. The fraction of sp³-hybridized carbons (Fsp3) is 1.00. The van der Waals surface area contributed by atoms with Crippen molar-refractivity contribution in [3.05, 3.63) is 0 Å². The molecule has 120 valence electrons. The van der Waals surface area contributed by atoms with Crippen molar-refractivity contribution in [3.8, 4) is 0 Å². The summed E-state index contributed by atoms with van der Waals surface area (Å²) in [6, 6.07) is 1.23. The summed E-state index contributed by atoms with van der Waals surface area (Å²) in [6.45, 7) is 5.91. The first-order chi connectivity index (χ1) is 9.48. The third kappa shape index (κ3) is 6.55. The van der Waals surface area contributed by atoms with Crippen molar-refractivity contribution in [2.45, 2.75) is 64.5 Å². The van der Waals surface area contributed by atoms with Gasteiger partial charge in [0, 0.05) is 24.4 Å². The zero-order valence-electron chi connectivity index (χ0n) is 13.4. The molecular weight excluding hydrogens is 272 g/mol. The monoisotopic (exact) mass is 304 g/mol. The average Bonchev–Trinajstić information content (AvgIpc) is 2.43. The predicted molar refractivity (Wildman–Crippen MR) is 85.9 cm³/mol. The molecule has 1 rings (SSSR count). The number of hydrogen-bond donors (Lipinski definition) is 1. The lowest BCUT2D eigenvalue weighted by Gasteiger charge is -2.35. The molecule has 4 nitrogen and oxygen atoms in total. The fourth-order valence-corrected chi connectivity index (χ4v) is 4.34. The Morgan fingerprint density at radius 1 is 1.05 bits per heavy atom. The molecule has 5 heteroatoms. The van der Waals surface area contributed by atoms with Gasteiger partial charge in [0.05, 0.1) is 5.75 Å². The number of nitrogens with zero attached hydrogens (tertiary/aromatic N) is 1. The first-order valence-electron chi connectivity index (χ1n) is 8.12. The van der Waals surface area contributed by atoms with Gasteiger partial charge in [-0.25, -0.2) is 8.42 Å². The minimum absolute atomic E-state index is 0.311. The zero-order chi connectivity index (χ0) is 15.0. The van der Waals surface area contributed by atoms with Gasteiger partial charge in [-0.3, -0.25) is 0 Å². The number of sulfone groups is 1. The molecule has 1 aliphatic rings. The van der Waals surface area contributed by atoms with E-state index in [0.717, 1.165) is 13.0 Å². The minimum atomic E-state index is -2.84. The Balaban J connectivity index is 2.27. The lowest BCUT2D eigenvalue weighted by atomic mass is 9.90. The second-order valence-electron chi connectivity index (χ2n) is 6.09. The van der Waals surface area contributed by atoms with E-state index in [4.69, 9.17) is 0 Å². The van der Waals surface area contributed by atoms with Gasteiger partial charge in [-0.1, -0.05) is 13.8 Å². The molecule has 0 unspecified atom stereocenters. The van der Waals surface area contributed by atoms with Crippen LogP contribution in [0.2, 0.25) is 0 Å². The average molecular weight is 305 g/mol. The molecule has 1 saturated carbocycles. The van der Waals surface area contributed by atoms with E-state index in [9.17, 15) is 8.42 Å². The maximum absolute atomic E-state index is 11.8.